The molecule has 0 radical (unpaired) electrons. The van der Waals surface area contributed by atoms with E-state index < -0.39 is 0 Å². The van der Waals surface area contributed by atoms with E-state index >= 15 is 0 Å². The van der Waals surface area contributed by atoms with Gasteiger partial charge in [-0.15, -0.1) is 0 Å². The van der Waals surface area contributed by atoms with Gasteiger partial charge in [0.05, 0.1) is 18.3 Å². The third-order valence-corrected chi connectivity index (χ3v) is 4.35. The zero-order chi connectivity index (χ0) is 17.2. The van der Waals surface area contributed by atoms with E-state index in [0.717, 1.165) is 17.9 Å². The maximum Gasteiger partial charge on any atom is 0.231 e. The van der Waals surface area contributed by atoms with Crippen LogP contribution in [0.3, 0.4) is 0 Å². The maximum atomic E-state index is 12.3. The van der Waals surface area contributed by atoms with Crippen molar-refractivity contribution in [3.05, 3.63) is 53.5 Å². The molecule has 0 atom stereocenters. The first kappa shape index (κ1) is 15.9. The zero-order valence-corrected chi connectivity index (χ0v) is 14.2. The van der Waals surface area contributed by atoms with Gasteiger partial charge in [-0.05, 0) is 43.0 Å². The maximum absolute atomic E-state index is 12.3. The number of rotatable bonds is 6. The van der Waals surface area contributed by atoms with Crippen molar-refractivity contribution in [2.24, 2.45) is 5.92 Å². The van der Waals surface area contributed by atoms with E-state index in [1.165, 1.54) is 19.1 Å². The van der Waals surface area contributed by atoms with Gasteiger partial charge < -0.3 is 9.73 Å². The molecule has 128 valence electrons. The Morgan fingerprint density at radius 1 is 1.28 bits per heavy atom. The van der Waals surface area contributed by atoms with Crippen LogP contribution in [-0.4, -0.2) is 20.7 Å². The molecule has 1 aromatic carbocycles. The molecule has 0 spiro atoms. The molecule has 2 aromatic heterocycles. The van der Waals surface area contributed by atoms with Crippen molar-refractivity contribution >= 4 is 23.3 Å². The molecule has 7 heteroatoms. The van der Waals surface area contributed by atoms with Crippen LogP contribution >= 0.6 is 11.6 Å². The van der Waals surface area contributed by atoms with Gasteiger partial charge in [-0.3, -0.25) is 4.79 Å². The topological polar surface area (TPSA) is 73.0 Å². The summed E-state index contributed by atoms with van der Waals surface area (Å²) in [7, 11) is 0. The molecule has 4 rings (SSSR count). The normalized spacial score (nSPS) is 13.8. The largest absolute Gasteiger partial charge is 0.444 e. The van der Waals surface area contributed by atoms with E-state index in [4.69, 9.17) is 16.0 Å². The molecule has 1 aliphatic rings. The summed E-state index contributed by atoms with van der Waals surface area (Å²) in [6.07, 6.45) is 5.82. The molecule has 6 nitrogen and oxygen atoms in total. The van der Waals surface area contributed by atoms with Gasteiger partial charge in [0.15, 0.2) is 0 Å². The van der Waals surface area contributed by atoms with Gasteiger partial charge in [0.25, 0.3) is 0 Å². The van der Waals surface area contributed by atoms with Gasteiger partial charge in [-0.1, -0.05) is 11.6 Å². The molecule has 1 amide bonds. The van der Waals surface area contributed by atoms with Crippen LogP contribution in [0.25, 0.3) is 11.5 Å². The Balaban J connectivity index is 1.39. The van der Waals surface area contributed by atoms with E-state index in [1.54, 1.807) is 18.3 Å². The summed E-state index contributed by atoms with van der Waals surface area (Å²) in [5.74, 6) is 1.73. The van der Waals surface area contributed by atoms with Crippen molar-refractivity contribution in [1.82, 2.24) is 14.8 Å². The number of nitrogens with one attached hydrogen (secondary N) is 1. The van der Waals surface area contributed by atoms with Crippen LogP contribution in [0.4, 0.5) is 5.82 Å². The second-order valence-electron chi connectivity index (χ2n) is 6.22. The smallest absolute Gasteiger partial charge is 0.231 e. The Morgan fingerprint density at radius 2 is 2.08 bits per heavy atom. The van der Waals surface area contributed by atoms with E-state index in [0.29, 0.717) is 22.5 Å². The standard InChI is InChI=1S/C18H17ClN4O2/c19-14-5-3-13(4-6-14)18-21-15(11-25-18)9-17(24)22-16-7-8-20-23(16)10-12-1-2-12/h3-8,11-12H,1-2,9-10H2,(H,22,24). The Hall–Kier alpha value is -2.60. The van der Waals surface area contributed by atoms with Gasteiger partial charge in [-0.25, -0.2) is 9.67 Å². The summed E-state index contributed by atoms with van der Waals surface area (Å²) >= 11 is 5.88. The predicted molar refractivity (Wildman–Crippen MR) is 94.2 cm³/mol. The number of amides is 1. The lowest BCUT2D eigenvalue weighted by Gasteiger charge is -2.07. The molecule has 1 fully saturated rings. The van der Waals surface area contributed by atoms with Crippen molar-refractivity contribution in [2.45, 2.75) is 25.8 Å². The lowest BCUT2D eigenvalue weighted by atomic mass is 10.2. The van der Waals surface area contributed by atoms with Crippen molar-refractivity contribution in [3.63, 3.8) is 0 Å². The van der Waals surface area contributed by atoms with Crippen LogP contribution in [0.5, 0.6) is 0 Å². The number of anilines is 1. The van der Waals surface area contributed by atoms with Crippen LogP contribution in [0.2, 0.25) is 5.02 Å². The average Bonchev–Trinajstić information content (AvgIpc) is 3.12. The van der Waals surface area contributed by atoms with E-state index in [9.17, 15) is 4.79 Å². The van der Waals surface area contributed by atoms with Crippen molar-refractivity contribution in [3.8, 4) is 11.5 Å². The van der Waals surface area contributed by atoms with Gasteiger partial charge >= 0.3 is 0 Å². The number of hydrogen-bond acceptors (Lipinski definition) is 4. The molecule has 1 aliphatic carbocycles. The minimum Gasteiger partial charge on any atom is -0.444 e. The summed E-state index contributed by atoms with van der Waals surface area (Å²) in [5.41, 5.74) is 1.40. The Kier molecular flexibility index (Phi) is 4.28. The van der Waals surface area contributed by atoms with Crippen molar-refractivity contribution in [2.75, 3.05) is 5.32 Å². The minimum absolute atomic E-state index is 0.145. The number of nitrogens with zero attached hydrogens (tertiary/aromatic N) is 3. The molecular formula is C18H17ClN4O2. The average molecular weight is 357 g/mol. The SMILES string of the molecule is O=C(Cc1coc(-c2ccc(Cl)cc2)n1)Nc1ccnn1CC1CC1. The summed E-state index contributed by atoms with van der Waals surface area (Å²) in [4.78, 5) is 16.6. The summed E-state index contributed by atoms with van der Waals surface area (Å²) < 4.78 is 7.30. The molecule has 3 aromatic rings. The monoisotopic (exact) mass is 356 g/mol. The molecule has 0 bridgehead atoms. The number of oxazole rings is 1. The fraction of sp³-hybridized carbons (Fsp3) is 0.278. The van der Waals surface area contributed by atoms with E-state index in [-0.39, 0.29) is 12.3 Å². The summed E-state index contributed by atoms with van der Waals surface area (Å²) in [6, 6.07) is 9.01. The van der Waals surface area contributed by atoms with Crippen molar-refractivity contribution < 1.29 is 9.21 Å². The molecule has 0 saturated heterocycles. The zero-order valence-electron chi connectivity index (χ0n) is 13.5. The molecule has 1 saturated carbocycles. The third kappa shape index (κ3) is 3.91. The molecular weight excluding hydrogens is 340 g/mol. The quantitative estimate of drug-likeness (QED) is 0.729. The second-order valence-corrected chi connectivity index (χ2v) is 6.65. The van der Waals surface area contributed by atoms with Gasteiger partial charge in [0, 0.05) is 23.2 Å². The molecule has 0 aliphatic heterocycles. The van der Waals surface area contributed by atoms with Gasteiger partial charge in [-0.2, -0.15) is 5.10 Å². The van der Waals surface area contributed by atoms with Crippen molar-refractivity contribution in [1.29, 1.82) is 0 Å². The Morgan fingerprint density at radius 3 is 2.84 bits per heavy atom. The number of aromatic nitrogens is 3. The highest BCUT2D eigenvalue weighted by Gasteiger charge is 2.23. The molecule has 0 unspecified atom stereocenters. The Labute approximate surface area is 149 Å². The summed E-state index contributed by atoms with van der Waals surface area (Å²) in [6.45, 7) is 0.854. The third-order valence-electron chi connectivity index (χ3n) is 4.10. The molecule has 2 heterocycles. The number of halogens is 1. The van der Waals surface area contributed by atoms with Crippen LogP contribution in [-0.2, 0) is 17.8 Å². The fourth-order valence-electron chi connectivity index (χ4n) is 2.59. The predicted octanol–water partition coefficient (Wildman–Crippen LogP) is 3.78. The van der Waals surface area contributed by atoms with Gasteiger partial charge in [0.1, 0.15) is 12.1 Å². The number of carbonyl (C=O) groups excluding carboxylic acids is 1. The highest BCUT2D eigenvalue weighted by molar-refractivity contribution is 6.30. The fourth-order valence-corrected chi connectivity index (χ4v) is 2.72. The first-order valence-electron chi connectivity index (χ1n) is 8.19. The lowest BCUT2D eigenvalue weighted by molar-refractivity contribution is -0.115. The van der Waals surface area contributed by atoms with Crippen LogP contribution in [0.15, 0.2) is 47.2 Å². The van der Waals surface area contributed by atoms with Gasteiger partial charge in [0.2, 0.25) is 11.8 Å². The van der Waals surface area contributed by atoms with Crippen LogP contribution in [0, 0.1) is 5.92 Å². The van der Waals surface area contributed by atoms with E-state index in [2.05, 4.69) is 15.4 Å². The molecule has 1 N–H and O–H groups in total. The lowest BCUT2D eigenvalue weighted by Crippen LogP contribution is -2.18. The first-order valence-corrected chi connectivity index (χ1v) is 8.57. The summed E-state index contributed by atoms with van der Waals surface area (Å²) in [5, 5.41) is 7.81. The highest BCUT2D eigenvalue weighted by Crippen LogP contribution is 2.31. The highest BCUT2D eigenvalue weighted by atomic mass is 35.5. The number of carbonyl (C=O) groups is 1. The van der Waals surface area contributed by atoms with E-state index in [1.807, 2.05) is 22.9 Å². The first-order chi connectivity index (χ1) is 12.2. The number of benzene rings is 1. The van der Waals surface area contributed by atoms with Crippen LogP contribution in [0.1, 0.15) is 18.5 Å². The molecule has 25 heavy (non-hydrogen) atoms. The number of hydrogen-bond donors (Lipinski definition) is 1. The van der Waals surface area contributed by atoms with Crippen LogP contribution < -0.4 is 5.32 Å². The minimum atomic E-state index is -0.145. The Bertz CT molecular complexity index is 881. The second kappa shape index (κ2) is 6.72.